The fraction of sp³-hybridized carbons (Fsp3) is 0.273. The lowest BCUT2D eigenvalue weighted by molar-refractivity contribution is 0.142. The topological polar surface area (TPSA) is 90.7 Å². The van der Waals surface area contributed by atoms with Gasteiger partial charge in [-0.1, -0.05) is 17.7 Å². The first-order valence-electron chi connectivity index (χ1n) is 5.47. The first-order chi connectivity index (χ1) is 8.54. The minimum absolute atomic E-state index is 0.480. The van der Waals surface area contributed by atoms with Crippen LogP contribution in [0.2, 0.25) is 0 Å². The molecule has 1 atom stereocenters. The van der Waals surface area contributed by atoms with Gasteiger partial charge in [0.25, 0.3) is 0 Å². The molecule has 1 saturated heterocycles. The van der Waals surface area contributed by atoms with Crippen LogP contribution in [-0.4, -0.2) is 30.4 Å². The van der Waals surface area contributed by atoms with Crippen molar-refractivity contribution in [2.75, 3.05) is 11.9 Å². The molecular formula is C11H15N5O2. The second-order valence-electron chi connectivity index (χ2n) is 4.00. The molecule has 7 heteroatoms. The summed E-state index contributed by atoms with van der Waals surface area (Å²) in [7, 11) is 1.60. The summed E-state index contributed by atoms with van der Waals surface area (Å²) >= 11 is 0. The van der Waals surface area contributed by atoms with Gasteiger partial charge in [0.05, 0.1) is 5.69 Å². The van der Waals surface area contributed by atoms with Crippen molar-refractivity contribution in [3.05, 3.63) is 29.8 Å². The molecule has 1 aromatic carbocycles. The smallest absolute Gasteiger partial charge is 0.303 e. The summed E-state index contributed by atoms with van der Waals surface area (Å²) in [6.45, 7) is 1.92. The van der Waals surface area contributed by atoms with E-state index < -0.39 is 18.4 Å². The van der Waals surface area contributed by atoms with E-state index in [1.54, 1.807) is 19.2 Å². The van der Waals surface area contributed by atoms with Gasteiger partial charge in [-0.2, -0.15) is 0 Å². The molecule has 0 aliphatic carbocycles. The van der Waals surface area contributed by atoms with E-state index in [9.17, 15) is 9.59 Å². The normalized spacial score (nSPS) is 20.1. The van der Waals surface area contributed by atoms with Crippen LogP contribution in [0.5, 0.6) is 0 Å². The fourth-order valence-corrected chi connectivity index (χ4v) is 1.70. The standard InChI is InChI=1S/C11H15N5O2/c1-7-3-5-8(6-4-7)15-10(17)14-9(13-2)16(12)11(15)18/h3-6,9,13H,12H2,1-2H3,(H,14,17). The maximum Gasteiger partial charge on any atom is 0.349 e. The predicted octanol–water partition coefficient (Wildman–Crippen LogP) is 0.323. The van der Waals surface area contributed by atoms with Gasteiger partial charge in [0.15, 0.2) is 6.29 Å². The van der Waals surface area contributed by atoms with Crippen LogP contribution in [0.3, 0.4) is 0 Å². The number of anilines is 1. The Morgan fingerprint density at radius 1 is 1.28 bits per heavy atom. The van der Waals surface area contributed by atoms with E-state index in [2.05, 4.69) is 10.6 Å². The van der Waals surface area contributed by atoms with Crippen LogP contribution in [-0.2, 0) is 0 Å². The first-order valence-corrected chi connectivity index (χ1v) is 5.47. The first kappa shape index (κ1) is 12.3. The Labute approximate surface area is 105 Å². The van der Waals surface area contributed by atoms with Gasteiger partial charge < -0.3 is 5.32 Å². The predicted molar refractivity (Wildman–Crippen MR) is 66.5 cm³/mol. The number of imide groups is 1. The number of amides is 4. The number of hydrogen-bond acceptors (Lipinski definition) is 4. The maximum absolute atomic E-state index is 12.0. The largest absolute Gasteiger partial charge is 0.349 e. The molecule has 0 aromatic heterocycles. The molecule has 1 aliphatic rings. The van der Waals surface area contributed by atoms with Gasteiger partial charge in [-0.15, -0.1) is 0 Å². The molecule has 0 spiro atoms. The Morgan fingerprint density at radius 2 is 1.89 bits per heavy atom. The van der Waals surface area contributed by atoms with Crippen molar-refractivity contribution in [3.8, 4) is 0 Å². The third kappa shape index (κ3) is 2.01. The molecule has 1 aromatic rings. The van der Waals surface area contributed by atoms with E-state index in [1.807, 2.05) is 19.1 Å². The van der Waals surface area contributed by atoms with Crippen molar-refractivity contribution >= 4 is 17.7 Å². The number of carbonyl (C=O) groups is 2. The van der Waals surface area contributed by atoms with Crippen LogP contribution in [0.4, 0.5) is 15.3 Å². The van der Waals surface area contributed by atoms with Gasteiger partial charge in [0.2, 0.25) is 0 Å². The minimum atomic E-state index is -0.702. The third-order valence-corrected chi connectivity index (χ3v) is 2.72. The van der Waals surface area contributed by atoms with Crippen LogP contribution in [0.15, 0.2) is 24.3 Å². The van der Waals surface area contributed by atoms with Crippen LogP contribution in [0, 0.1) is 6.92 Å². The van der Waals surface area contributed by atoms with E-state index in [4.69, 9.17) is 5.84 Å². The molecule has 4 N–H and O–H groups in total. The summed E-state index contributed by atoms with van der Waals surface area (Å²) in [6, 6.07) is 5.94. The zero-order chi connectivity index (χ0) is 13.3. The molecule has 1 fully saturated rings. The number of hydrazine groups is 1. The highest BCUT2D eigenvalue weighted by atomic mass is 16.2. The van der Waals surface area contributed by atoms with E-state index in [-0.39, 0.29) is 0 Å². The fourth-order valence-electron chi connectivity index (χ4n) is 1.70. The Bertz CT molecular complexity index is 473. The maximum atomic E-state index is 12.0. The van der Waals surface area contributed by atoms with Crippen molar-refractivity contribution in [2.24, 2.45) is 5.84 Å². The lowest BCUT2D eigenvalue weighted by Gasteiger charge is -2.37. The summed E-state index contributed by atoms with van der Waals surface area (Å²) in [5, 5.41) is 6.21. The van der Waals surface area contributed by atoms with Crippen molar-refractivity contribution < 1.29 is 9.59 Å². The molecule has 18 heavy (non-hydrogen) atoms. The third-order valence-electron chi connectivity index (χ3n) is 2.72. The summed E-state index contributed by atoms with van der Waals surface area (Å²) < 4.78 is 0. The zero-order valence-electron chi connectivity index (χ0n) is 10.2. The van der Waals surface area contributed by atoms with Crippen LogP contribution < -0.4 is 21.4 Å². The molecule has 0 radical (unpaired) electrons. The Kier molecular flexibility index (Phi) is 3.17. The molecule has 1 unspecified atom stereocenters. The molecule has 2 rings (SSSR count). The van der Waals surface area contributed by atoms with Crippen molar-refractivity contribution in [2.45, 2.75) is 13.2 Å². The van der Waals surface area contributed by atoms with Crippen LogP contribution >= 0.6 is 0 Å². The number of benzene rings is 1. The van der Waals surface area contributed by atoms with Gasteiger partial charge in [-0.05, 0) is 26.1 Å². The minimum Gasteiger partial charge on any atom is -0.303 e. The SMILES string of the molecule is CNC1NC(=O)N(c2ccc(C)cc2)C(=O)N1N. The van der Waals surface area contributed by atoms with E-state index in [1.165, 1.54) is 0 Å². The number of nitrogens with two attached hydrogens (primary N) is 1. The van der Waals surface area contributed by atoms with Gasteiger partial charge in [-0.25, -0.2) is 25.3 Å². The molecule has 4 amide bonds. The van der Waals surface area contributed by atoms with Gasteiger partial charge >= 0.3 is 12.1 Å². The monoisotopic (exact) mass is 249 g/mol. The van der Waals surface area contributed by atoms with E-state index in [0.29, 0.717) is 5.69 Å². The average molecular weight is 249 g/mol. The second kappa shape index (κ2) is 4.63. The highest BCUT2D eigenvalue weighted by molar-refractivity contribution is 6.14. The highest BCUT2D eigenvalue weighted by Crippen LogP contribution is 2.19. The Morgan fingerprint density at radius 3 is 2.44 bits per heavy atom. The number of hydrogen-bond donors (Lipinski definition) is 3. The molecule has 0 saturated carbocycles. The van der Waals surface area contributed by atoms with Gasteiger partial charge in [-0.3, -0.25) is 5.32 Å². The van der Waals surface area contributed by atoms with Crippen LogP contribution in [0.1, 0.15) is 5.56 Å². The molecule has 0 bridgehead atoms. The Balaban J connectivity index is 2.30. The molecular weight excluding hydrogens is 234 g/mol. The number of urea groups is 2. The molecule has 7 nitrogen and oxygen atoms in total. The lowest BCUT2D eigenvalue weighted by Crippen LogP contribution is -2.71. The quantitative estimate of drug-likeness (QED) is 0.520. The highest BCUT2D eigenvalue weighted by Gasteiger charge is 2.37. The van der Waals surface area contributed by atoms with Crippen molar-refractivity contribution in [1.29, 1.82) is 0 Å². The van der Waals surface area contributed by atoms with Crippen LogP contribution in [0.25, 0.3) is 0 Å². The van der Waals surface area contributed by atoms with E-state index in [0.717, 1.165) is 15.5 Å². The number of nitrogens with zero attached hydrogens (tertiary/aromatic N) is 2. The number of aryl methyl sites for hydroxylation is 1. The summed E-state index contributed by atoms with van der Waals surface area (Å²) in [6.07, 6.45) is -0.702. The molecule has 96 valence electrons. The summed E-state index contributed by atoms with van der Waals surface area (Å²) in [5.41, 5.74) is 1.52. The lowest BCUT2D eigenvalue weighted by atomic mass is 10.2. The van der Waals surface area contributed by atoms with Crippen molar-refractivity contribution in [1.82, 2.24) is 15.6 Å². The van der Waals surface area contributed by atoms with Gasteiger partial charge in [0, 0.05) is 0 Å². The van der Waals surface area contributed by atoms with Gasteiger partial charge in [0.1, 0.15) is 0 Å². The van der Waals surface area contributed by atoms with Crippen molar-refractivity contribution in [3.63, 3.8) is 0 Å². The molecule has 1 aliphatic heterocycles. The molecule has 1 heterocycles. The zero-order valence-corrected chi connectivity index (χ0v) is 10.2. The summed E-state index contributed by atoms with van der Waals surface area (Å²) in [4.78, 5) is 24.9. The summed E-state index contributed by atoms with van der Waals surface area (Å²) in [5.74, 6) is 5.62. The number of carbonyl (C=O) groups excluding carboxylic acids is 2. The number of rotatable bonds is 2. The van der Waals surface area contributed by atoms with E-state index >= 15 is 0 Å². The number of nitrogens with one attached hydrogen (secondary N) is 2. The second-order valence-corrected chi connectivity index (χ2v) is 4.00. The Hall–Kier alpha value is -2.12. The average Bonchev–Trinajstić information content (AvgIpc) is 2.36.